The summed E-state index contributed by atoms with van der Waals surface area (Å²) >= 11 is 0. The Balaban J connectivity index is 3.27. The van der Waals surface area contributed by atoms with Gasteiger partial charge in [0.2, 0.25) is 5.30 Å². The van der Waals surface area contributed by atoms with Crippen molar-refractivity contribution in [2.45, 2.75) is 0 Å². The van der Waals surface area contributed by atoms with Crippen LogP contribution in [0.4, 0.5) is 0 Å². The molecule has 4 nitrogen and oxygen atoms in total. The average Bonchev–Trinajstić information content (AvgIpc) is 2.04. The van der Waals surface area contributed by atoms with E-state index in [0.29, 0.717) is 0 Å². The molecule has 1 atom stereocenters. The van der Waals surface area contributed by atoms with Crippen LogP contribution in [0.15, 0.2) is 24.3 Å². The smallest absolute Gasteiger partial charge is 0.478 e. The molecule has 1 aromatic carbocycles. The Bertz CT molecular complexity index is 301. The Morgan fingerprint density at radius 1 is 1.33 bits per heavy atom. The largest absolute Gasteiger partial charge is 0.547 e. The van der Waals surface area contributed by atoms with Crippen LogP contribution in [-0.4, -0.2) is 16.0 Å². The second kappa shape index (κ2) is 3.43. The van der Waals surface area contributed by atoms with Gasteiger partial charge in [-0.25, -0.2) is 4.79 Å². The molecule has 2 N–H and O–H groups in total. The lowest BCUT2D eigenvalue weighted by molar-refractivity contribution is 0.0698. The van der Waals surface area contributed by atoms with E-state index >= 15 is 0 Å². The molecule has 0 heterocycles. The van der Waals surface area contributed by atoms with Crippen LogP contribution in [0.2, 0.25) is 0 Å². The van der Waals surface area contributed by atoms with E-state index in [9.17, 15) is 9.36 Å². The second-order valence-corrected chi connectivity index (χ2v) is 3.12. The van der Waals surface area contributed by atoms with E-state index in [1.807, 2.05) is 0 Å². The number of aromatic carboxylic acids is 1. The molecule has 1 aromatic rings. The first-order chi connectivity index (χ1) is 5.63. The zero-order valence-electron chi connectivity index (χ0n) is 5.97. The molecule has 0 saturated carbocycles. The Hall–Kier alpha value is -1.25. The molecular weight excluding hydrogens is 179 g/mol. The van der Waals surface area contributed by atoms with Crippen molar-refractivity contribution in [3.05, 3.63) is 29.8 Å². The number of hydrogen-bond donors (Lipinski definition) is 2. The van der Waals surface area contributed by atoms with E-state index < -0.39 is 14.0 Å². The van der Waals surface area contributed by atoms with Gasteiger partial charge in [-0.15, -0.1) is 0 Å². The molecule has 0 aliphatic rings. The van der Waals surface area contributed by atoms with Crippen LogP contribution >= 0.6 is 8.03 Å². The van der Waals surface area contributed by atoms with Crippen LogP contribution in [-0.2, 0) is 4.57 Å². The van der Waals surface area contributed by atoms with Crippen molar-refractivity contribution < 1.29 is 19.4 Å². The van der Waals surface area contributed by atoms with Crippen LogP contribution in [0.5, 0.6) is 0 Å². The monoisotopic (exact) mass is 185 g/mol. The summed E-state index contributed by atoms with van der Waals surface area (Å²) in [6.45, 7) is 0. The molecule has 0 spiro atoms. The minimum absolute atomic E-state index is 0.0417. The number of carbonyl (C=O) groups is 1. The number of hydrogen-bond acceptors (Lipinski definition) is 2. The minimum atomic E-state index is -2.58. The summed E-state index contributed by atoms with van der Waals surface area (Å²) in [4.78, 5) is 19.2. The third-order valence-corrected chi connectivity index (χ3v) is 2.14. The lowest BCUT2D eigenvalue weighted by Gasteiger charge is -1.90. The molecule has 1 rings (SSSR count). The molecule has 0 bridgehead atoms. The first-order valence-electron chi connectivity index (χ1n) is 3.11. The van der Waals surface area contributed by atoms with Gasteiger partial charge in [0.15, 0.2) is 0 Å². The lowest BCUT2D eigenvalue weighted by Crippen LogP contribution is -2.10. The van der Waals surface area contributed by atoms with E-state index in [0.717, 1.165) is 0 Å². The van der Waals surface area contributed by atoms with Gasteiger partial charge >= 0.3 is 14.0 Å². The van der Waals surface area contributed by atoms with Crippen LogP contribution in [0, 0.1) is 0 Å². The Morgan fingerprint density at radius 2 is 1.92 bits per heavy atom. The van der Waals surface area contributed by atoms with Crippen molar-refractivity contribution in [1.82, 2.24) is 0 Å². The van der Waals surface area contributed by atoms with Crippen molar-refractivity contribution in [2.75, 3.05) is 0 Å². The second-order valence-electron chi connectivity index (χ2n) is 2.10. The highest BCUT2D eigenvalue weighted by atomic mass is 31.1. The fourth-order valence-electron chi connectivity index (χ4n) is 0.821. The van der Waals surface area contributed by atoms with Crippen LogP contribution in [0.25, 0.3) is 0 Å². The summed E-state index contributed by atoms with van der Waals surface area (Å²) in [7, 11) is -2.58. The highest BCUT2D eigenvalue weighted by molar-refractivity contribution is 7.47. The summed E-state index contributed by atoms with van der Waals surface area (Å²) in [5.41, 5.74) is -0.124. The van der Waals surface area contributed by atoms with Crippen LogP contribution in [0.1, 0.15) is 10.4 Å². The molecule has 0 amide bonds. The molecule has 0 saturated heterocycles. The van der Waals surface area contributed by atoms with Gasteiger partial charge in [-0.3, -0.25) is 0 Å². The van der Waals surface area contributed by atoms with Gasteiger partial charge < -0.3 is 5.11 Å². The maximum absolute atomic E-state index is 10.6. The topological polar surface area (TPSA) is 74.6 Å². The molecular formula is C7H6O4P+. The molecule has 0 aliphatic carbocycles. The Labute approximate surface area is 69.3 Å². The predicted molar refractivity (Wildman–Crippen MR) is 42.9 cm³/mol. The minimum Gasteiger partial charge on any atom is -0.478 e. The summed E-state index contributed by atoms with van der Waals surface area (Å²) in [6.07, 6.45) is 0. The average molecular weight is 185 g/mol. The number of carboxylic acids is 1. The van der Waals surface area contributed by atoms with Gasteiger partial charge in [0.25, 0.3) is 0 Å². The van der Waals surface area contributed by atoms with Gasteiger partial charge in [0.1, 0.15) is 5.56 Å². The quantitative estimate of drug-likeness (QED) is 0.666. The third-order valence-electron chi connectivity index (χ3n) is 1.34. The van der Waals surface area contributed by atoms with E-state index in [1.165, 1.54) is 24.3 Å². The number of benzene rings is 1. The van der Waals surface area contributed by atoms with Gasteiger partial charge in [-0.2, -0.15) is 4.89 Å². The van der Waals surface area contributed by atoms with E-state index in [1.54, 1.807) is 0 Å². The van der Waals surface area contributed by atoms with Gasteiger partial charge in [-0.1, -0.05) is 12.1 Å². The SMILES string of the molecule is O=C(O)c1ccccc1[P+](=O)O. The Morgan fingerprint density at radius 3 is 2.33 bits per heavy atom. The fraction of sp³-hybridized carbons (Fsp3) is 0. The summed E-state index contributed by atoms with van der Waals surface area (Å²) in [5.74, 6) is -1.19. The molecule has 0 aromatic heterocycles. The van der Waals surface area contributed by atoms with Gasteiger partial charge in [0, 0.05) is 0 Å². The van der Waals surface area contributed by atoms with Crippen LogP contribution < -0.4 is 5.30 Å². The van der Waals surface area contributed by atoms with E-state index in [-0.39, 0.29) is 10.9 Å². The molecule has 12 heavy (non-hydrogen) atoms. The van der Waals surface area contributed by atoms with E-state index in [4.69, 9.17) is 10.00 Å². The molecule has 62 valence electrons. The lowest BCUT2D eigenvalue weighted by atomic mass is 10.2. The van der Waals surface area contributed by atoms with Crippen LogP contribution in [0.3, 0.4) is 0 Å². The summed E-state index contributed by atoms with van der Waals surface area (Å²) in [5, 5.41) is 8.53. The standard InChI is InChI=1S/C7H5O4P/c8-7(9)5-3-1-2-4-6(5)12(10)11/h1-4H,(H-,8,9,10,11)/p+1. The molecule has 1 unspecified atom stereocenters. The molecule has 0 aliphatic heterocycles. The first-order valence-corrected chi connectivity index (χ1v) is 4.32. The van der Waals surface area contributed by atoms with Crippen molar-refractivity contribution in [3.63, 3.8) is 0 Å². The number of carboxylic acid groups (broad SMARTS) is 1. The molecule has 0 fully saturated rings. The van der Waals surface area contributed by atoms with E-state index in [2.05, 4.69) is 0 Å². The zero-order chi connectivity index (χ0) is 9.14. The van der Waals surface area contributed by atoms with Crippen molar-refractivity contribution in [1.29, 1.82) is 0 Å². The highest BCUT2D eigenvalue weighted by Gasteiger charge is 2.24. The maximum atomic E-state index is 10.6. The van der Waals surface area contributed by atoms with Gasteiger partial charge in [-0.05, 0) is 16.7 Å². The third kappa shape index (κ3) is 1.67. The predicted octanol–water partition coefficient (Wildman–Crippen LogP) is 0.745. The summed E-state index contributed by atoms with van der Waals surface area (Å²) < 4.78 is 10.6. The molecule has 0 radical (unpaired) electrons. The van der Waals surface area contributed by atoms with Gasteiger partial charge in [0.05, 0.1) is 0 Å². The van der Waals surface area contributed by atoms with Crippen molar-refractivity contribution in [3.8, 4) is 0 Å². The number of rotatable bonds is 2. The maximum Gasteiger partial charge on any atom is 0.547 e. The summed E-state index contributed by atoms with van der Waals surface area (Å²) in [6, 6.07) is 5.64. The zero-order valence-corrected chi connectivity index (χ0v) is 6.86. The highest BCUT2D eigenvalue weighted by Crippen LogP contribution is 2.15. The van der Waals surface area contributed by atoms with Crippen molar-refractivity contribution in [2.24, 2.45) is 0 Å². The fourth-order valence-corrected chi connectivity index (χ4v) is 1.41. The first kappa shape index (κ1) is 8.84. The Kier molecular flexibility index (Phi) is 2.53. The normalized spacial score (nSPS) is 10.9. The van der Waals surface area contributed by atoms with Crippen molar-refractivity contribution >= 4 is 19.3 Å². The molecule has 5 heteroatoms.